The quantitative estimate of drug-likeness (QED) is 0.798. The van der Waals surface area contributed by atoms with Crippen LogP contribution < -0.4 is 5.32 Å². The molecule has 1 amide bonds. The van der Waals surface area contributed by atoms with Crippen LogP contribution in [-0.2, 0) is 18.3 Å². The second kappa shape index (κ2) is 7.59. The van der Waals surface area contributed by atoms with Gasteiger partial charge in [-0.3, -0.25) is 4.79 Å². The van der Waals surface area contributed by atoms with Gasteiger partial charge in [-0.1, -0.05) is 19.9 Å². The molecule has 23 heavy (non-hydrogen) atoms. The summed E-state index contributed by atoms with van der Waals surface area (Å²) < 4.78 is 2.13. The van der Waals surface area contributed by atoms with Crippen LogP contribution in [0, 0.1) is 0 Å². The van der Waals surface area contributed by atoms with Crippen LogP contribution >= 0.6 is 0 Å². The van der Waals surface area contributed by atoms with Crippen molar-refractivity contribution in [3.63, 3.8) is 0 Å². The molecule has 0 aliphatic carbocycles. The van der Waals surface area contributed by atoms with Crippen molar-refractivity contribution in [2.24, 2.45) is 7.05 Å². The zero-order chi connectivity index (χ0) is 17.0. The lowest BCUT2D eigenvalue weighted by Gasteiger charge is -2.10. The lowest BCUT2D eigenvalue weighted by atomic mass is 10.1. The number of amides is 1. The van der Waals surface area contributed by atoms with Gasteiger partial charge in [0.2, 0.25) is 5.91 Å². The molecule has 0 spiro atoms. The van der Waals surface area contributed by atoms with Crippen LogP contribution in [0.15, 0.2) is 18.2 Å². The highest BCUT2D eigenvalue weighted by Gasteiger charge is 2.12. The number of carbonyl (C=O) groups is 1. The first-order valence-corrected chi connectivity index (χ1v) is 8.25. The van der Waals surface area contributed by atoms with Gasteiger partial charge in [0.05, 0.1) is 17.5 Å². The molecule has 0 fully saturated rings. The van der Waals surface area contributed by atoms with E-state index in [1.807, 2.05) is 33.3 Å². The first kappa shape index (κ1) is 17.5. The summed E-state index contributed by atoms with van der Waals surface area (Å²) >= 11 is 0. The Morgan fingerprint density at radius 1 is 1.35 bits per heavy atom. The fourth-order valence-corrected chi connectivity index (χ4v) is 2.76. The minimum Gasteiger partial charge on any atom is -0.356 e. The van der Waals surface area contributed by atoms with Crippen molar-refractivity contribution in [2.75, 3.05) is 27.2 Å². The van der Waals surface area contributed by atoms with Crippen LogP contribution in [0.3, 0.4) is 0 Å². The highest BCUT2D eigenvalue weighted by molar-refractivity contribution is 5.82. The molecule has 0 radical (unpaired) electrons. The van der Waals surface area contributed by atoms with E-state index < -0.39 is 0 Å². The number of fused-ring (bicyclic) bond motifs is 1. The highest BCUT2D eigenvalue weighted by Crippen LogP contribution is 2.21. The summed E-state index contributed by atoms with van der Waals surface area (Å²) in [5, 5.41) is 2.98. The van der Waals surface area contributed by atoms with Gasteiger partial charge in [0, 0.05) is 19.5 Å². The number of benzene rings is 1. The van der Waals surface area contributed by atoms with E-state index in [0.717, 1.165) is 41.9 Å². The smallest absolute Gasteiger partial charge is 0.224 e. The molecule has 0 unspecified atom stereocenters. The number of nitrogens with one attached hydrogen (secondary N) is 1. The van der Waals surface area contributed by atoms with Crippen molar-refractivity contribution in [1.29, 1.82) is 0 Å². The molecule has 5 nitrogen and oxygen atoms in total. The minimum atomic E-state index is 0.0723. The fourth-order valence-electron chi connectivity index (χ4n) is 2.76. The number of rotatable bonds is 7. The van der Waals surface area contributed by atoms with Gasteiger partial charge in [0.25, 0.3) is 0 Å². The summed E-state index contributed by atoms with van der Waals surface area (Å²) in [5.74, 6) is 1.53. The molecule has 126 valence electrons. The zero-order valence-electron chi connectivity index (χ0n) is 14.9. The summed E-state index contributed by atoms with van der Waals surface area (Å²) in [7, 11) is 6.12. The molecular formula is C18H28N4O. The maximum Gasteiger partial charge on any atom is 0.224 e. The number of aryl methyl sites for hydroxylation is 1. The lowest BCUT2D eigenvalue weighted by molar-refractivity contribution is -0.120. The fraction of sp³-hybridized carbons (Fsp3) is 0.556. The predicted octanol–water partition coefficient (Wildman–Crippen LogP) is 2.31. The summed E-state index contributed by atoms with van der Waals surface area (Å²) in [6.07, 6.45) is 1.38. The Balaban J connectivity index is 1.99. The molecule has 0 aliphatic rings. The van der Waals surface area contributed by atoms with Crippen LogP contribution in [0.25, 0.3) is 11.0 Å². The van der Waals surface area contributed by atoms with Crippen molar-refractivity contribution in [3.8, 4) is 0 Å². The molecule has 0 bridgehead atoms. The van der Waals surface area contributed by atoms with Crippen molar-refractivity contribution in [1.82, 2.24) is 19.8 Å². The minimum absolute atomic E-state index is 0.0723. The molecule has 0 aliphatic heterocycles. The van der Waals surface area contributed by atoms with Crippen LogP contribution in [0.1, 0.15) is 37.6 Å². The molecule has 5 heteroatoms. The second-order valence-electron chi connectivity index (χ2n) is 6.69. The Hall–Kier alpha value is -1.88. The van der Waals surface area contributed by atoms with Gasteiger partial charge in [-0.05, 0) is 44.8 Å². The van der Waals surface area contributed by atoms with Crippen LogP contribution in [-0.4, -0.2) is 47.5 Å². The van der Waals surface area contributed by atoms with E-state index in [-0.39, 0.29) is 5.91 Å². The third-order valence-electron chi connectivity index (χ3n) is 3.97. The number of nitrogens with zero attached hydrogens (tertiary/aromatic N) is 3. The Kier molecular flexibility index (Phi) is 5.77. The molecule has 0 saturated heterocycles. The third kappa shape index (κ3) is 4.55. The van der Waals surface area contributed by atoms with E-state index in [9.17, 15) is 4.79 Å². The summed E-state index contributed by atoms with van der Waals surface area (Å²) in [6, 6.07) is 6.11. The average Bonchev–Trinajstić information content (AvgIpc) is 2.80. The highest BCUT2D eigenvalue weighted by atomic mass is 16.1. The SMILES string of the molecule is CC(C)c1nc2cc(CC(=O)NCCCN(C)C)ccc2n1C. The molecular weight excluding hydrogens is 288 g/mol. The Morgan fingerprint density at radius 3 is 2.74 bits per heavy atom. The predicted molar refractivity (Wildman–Crippen MR) is 94.7 cm³/mol. The van der Waals surface area contributed by atoms with Gasteiger partial charge in [0.1, 0.15) is 5.82 Å². The number of hydrogen-bond donors (Lipinski definition) is 1. The van der Waals surface area contributed by atoms with E-state index in [1.54, 1.807) is 0 Å². The van der Waals surface area contributed by atoms with Crippen molar-refractivity contribution < 1.29 is 4.79 Å². The molecule has 0 saturated carbocycles. The molecule has 1 N–H and O–H groups in total. The van der Waals surface area contributed by atoms with Gasteiger partial charge in [-0.2, -0.15) is 0 Å². The van der Waals surface area contributed by atoms with Gasteiger partial charge in [0.15, 0.2) is 0 Å². The van der Waals surface area contributed by atoms with E-state index in [0.29, 0.717) is 12.3 Å². The van der Waals surface area contributed by atoms with Crippen LogP contribution in [0.4, 0.5) is 0 Å². The van der Waals surface area contributed by atoms with E-state index in [4.69, 9.17) is 4.98 Å². The van der Waals surface area contributed by atoms with Crippen molar-refractivity contribution in [2.45, 2.75) is 32.6 Å². The largest absolute Gasteiger partial charge is 0.356 e. The van der Waals surface area contributed by atoms with E-state index in [1.165, 1.54) is 0 Å². The van der Waals surface area contributed by atoms with Crippen LogP contribution in [0.5, 0.6) is 0 Å². The first-order chi connectivity index (χ1) is 10.9. The molecule has 1 aromatic heterocycles. The summed E-state index contributed by atoms with van der Waals surface area (Å²) in [5.41, 5.74) is 3.09. The molecule has 1 heterocycles. The van der Waals surface area contributed by atoms with Gasteiger partial charge in [-0.15, -0.1) is 0 Å². The second-order valence-corrected chi connectivity index (χ2v) is 6.69. The zero-order valence-corrected chi connectivity index (χ0v) is 14.9. The monoisotopic (exact) mass is 316 g/mol. The first-order valence-electron chi connectivity index (χ1n) is 8.25. The topological polar surface area (TPSA) is 50.2 Å². The van der Waals surface area contributed by atoms with E-state index >= 15 is 0 Å². The van der Waals surface area contributed by atoms with Crippen molar-refractivity contribution >= 4 is 16.9 Å². The molecule has 0 atom stereocenters. The van der Waals surface area contributed by atoms with Gasteiger partial charge in [-0.25, -0.2) is 4.98 Å². The number of hydrogen-bond acceptors (Lipinski definition) is 3. The van der Waals surface area contributed by atoms with Crippen molar-refractivity contribution in [3.05, 3.63) is 29.6 Å². The standard InChI is InChI=1S/C18H28N4O/c1-13(2)18-20-15-11-14(7-8-16(15)22(18)5)12-17(23)19-9-6-10-21(3)4/h7-8,11,13H,6,9-10,12H2,1-5H3,(H,19,23). The van der Waals surface area contributed by atoms with E-state index in [2.05, 4.69) is 34.7 Å². The summed E-state index contributed by atoms with van der Waals surface area (Å²) in [6.45, 7) is 5.99. The molecule has 2 aromatic rings. The third-order valence-corrected chi connectivity index (χ3v) is 3.97. The Bertz CT molecular complexity index is 673. The van der Waals surface area contributed by atoms with Gasteiger partial charge >= 0.3 is 0 Å². The normalized spacial score (nSPS) is 11.6. The average molecular weight is 316 g/mol. The number of imidazole rings is 1. The number of carbonyl (C=O) groups excluding carboxylic acids is 1. The summed E-state index contributed by atoms with van der Waals surface area (Å²) in [4.78, 5) is 18.8. The molecule has 2 rings (SSSR count). The Morgan fingerprint density at radius 2 is 2.09 bits per heavy atom. The van der Waals surface area contributed by atoms with Gasteiger partial charge < -0.3 is 14.8 Å². The van der Waals surface area contributed by atoms with Crippen LogP contribution in [0.2, 0.25) is 0 Å². The number of aromatic nitrogens is 2. The Labute approximate surface area is 138 Å². The molecule has 1 aromatic carbocycles. The maximum atomic E-state index is 12.0. The maximum absolute atomic E-state index is 12.0. The lowest BCUT2D eigenvalue weighted by Crippen LogP contribution is -2.28.